The van der Waals surface area contributed by atoms with Gasteiger partial charge < -0.3 is 15.1 Å². The van der Waals surface area contributed by atoms with Gasteiger partial charge in [-0.1, -0.05) is 29.8 Å². The summed E-state index contributed by atoms with van der Waals surface area (Å²) in [5.41, 5.74) is 3.70. The third-order valence-electron chi connectivity index (χ3n) is 4.68. The topological polar surface area (TPSA) is 71.3 Å². The van der Waals surface area contributed by atoms with Crippen molar-refractivity contribution in [2.24, 2.45) is 0 Å². The average molecular weight is 423 g/mol. The van der Waals surface area contributed by atoms with Gasteiger partial charge in [-0.3, -0.25) is 9.59 Å². The van der Waals surface area contributed by atoms with Gasteiger partial charge in [-0.25, -0.2) is 0 Å². The Morgan fingerprint density at radius 1 is 1.03 bits per heavy atom. The second kappa shape index (κ2) is 9.94. The fourth-order valence-electron chi connectivity index (χ4n) is 2.86. The Balaban J connectivity index is 1.71. The fraction of sp³-hybridized carbons (Fsp3) is 0.167. The van der Waals surface area contributed by atoms with Crippen molar-refractivity contribution in [1.29, 1.82) is 0 Å². The molecule has 0 saturated carbocycles. The molecule has 154 valence electrons. The molecule has 0 fully saturated rings. The van der Waals surface area contributed by atoms with Gasteiger partial charge in [0.25, 0.3) is 11.8 Å². The Labute approximate surface area is 180 Å². The third-order valence-corrected chi connectivity index (χ3v) is 4.92. The summed E-state index contributed by atoms with van der Waals surface area (Å²) in [6.45, 7) is 4.31. The first-order valence-corrected chi connectivity index (χ1v) is 9.96. The van der Waals surface area contributed by atoms with Crippen LogP contribution in [0.2, 0.25) is 5.02 Å². The number of hydrogen-bond acceptors (Lipinski definition) is 3. The Bertz CT molecular complexity index is 1070. The third kappa shape index (κ3) is 5.84. The van der Waals surface area contributed by atoms with Crippen LogP contribution >= 0.6 is 11.6 Å². The SMILES string of the molecule is Cc1ccc(C(=O)N/C(=C/c2ccco2)C(=O)NCCc2cccc(Cl)c2)cc1C. The summed E-state index contributed by atoms with van der Waals surface area (Å²) in [7, 11) is 0. The van der Waals surface area contributed by atoms with Gasteiger partial charge in [-0.2, -0.15) is 0 Å². The molecule has 5 nitrogen and oxygen atoms in total. The van der Waals surface area contributed by atoms with Crippen LogP contribution in [0.25, 0.3) is 6.08 Å². The summed E-state index contributed by atoms with van der Waals surface area (Å²) in [6.07, 6.45) is 3.63. The predicted octanol–water partition coefficient (Wildman–Crippen LogP) is 4.68. The van der Waals surface area contributed by atoms with E-state index in [1.807, 2.05) is 38.1 Å². The fourth-order valence-corrected chi connectivity index (χ4v) is 3.07. The van der Waals surface area contributed by atoms with Crippen LogP contribution in [0.1, 0.15) is 32.8 Å². The van der Waals surface area contributed by atoms with Crippen molar-refractivity contribution in [1.82, 2.24) is 10.6 Å². The summed E-state index contributed by atoms with van der Waals surface area (Å²) in [5, 5.41) is 6.19. The molecule has 0 spiro atoms. The number of furan rings is 1. The van der Waals surface area contributed by atoms with Crippen LogP contribution in [0.3, 0.4) is 0 Å². The maximum Gasteiger partial charge on any atom is 0.267 e. The van der Waals surface area contributed by atoms with Gasteiger partial charge in [-0.15, -0.1) is 0 Å². The number of nitrogens with one attached hydrogen (secondary N) is 2. The quantitative estimate of drug-likeness (QED) is 0.543. The number of carbonyl (C=O) groups is 2. The highest BCUT2D eigenvalue weighted by Crippen LogP contribution is 2.13. The summed E-state index contributed by atoms with van der Waals surface area (Å²) in [6, 6.07) is 16.3. The van der Waals surface area contributed by atoms with Gasteiger partial charge >= 0.3 is 0 Å². The monoisotopic (exact) mass is 422 g/mol. The number of amides is 2. The van der Waals surface area contributed by atoms with Gasteiger partial charge in [0.1, 0.15) is 11.5 Å². The lowest BCUT2D eigenvalue weighted by Crippen LogP contribution is -2.35. The molecule has 2 amide bonds. The normalized spacial score (nSPS) is 11.2. The van der Waals surface area contributed by atoms with E-state index >= 15 is 0 Å². The first-order chi connectivity index (χ1) is 14.4. The van der Waals surface area contributed by atoms with Crippen molar-refractivity contribution in [3.63, 3.8) is 0 Å². The van der Waals surface area contributed by atoms with Crippen LogP contribution in [0.5, 0.6) is 0 Å². The molecular weight excluding hydrogens is 400 g/mol. The Kier molecular flexibility index (Phi) is 7.09. The van der Waals surface area contributed by atoms with Crippen molar-refractivity contribution < 1.29 is 14.0 Å². The zero-order chi connectivity index (χ0) is 21.5. The molecule has 0 saturated heterocycles. The molecule has 2 N–H and O–H groups in total. The molecule has 6 heteroatoms. The molecule has 2 aromatic carbocycles. The molecule has 0 bridgehead atoms. The van der Waals surface area contributed by atoms with Gasteiger partial charge in [0, 0.05) is 23.2 Å². The predicted molar refractivity (Wildman–Crippen MR) is 118 cm³/mol. The highest BCUT2D eigenvalue weighted by molar-refractivity contribution is 6.30. The molecule has 0 unspecified atom stereocenters. The minimum Gasteiger partial charge on any atom is -0.465 e. The van der Waals surface area contributed by atoms with E-state index < -0.39 is 5.91 Å². The van der Waals surface area contributed by atoms with E-state index in [0.717, 1.165) is 16.7 Å². The Morgan fingerprint density at radius 2 is 1.87 bits per heavy atom. The first kappa shape index (κ1) is 21.4. The van der Waals surface area contributed by atoms with Crippen LogP contribution < -0.4 is 10.6 Å². The van der Waals surface area contributed by atoms with Crippen molar-refractivity contribution in [3.05, 3.63) is 99.6 Å². The van der Waals surface area contributed by atoms with Crippen molar-refractivity contribution in [2.45, 2.75) is 20.3 Å². The Hall–Kier alpha value is -3.31. The molecule has 0 aliphatic heterocycles. The van der Waals surface area contributed by atoms with E-state index in [1.165, 1.54) is 12.3 Å². The van der Waals surface area contributed by atoms with E-state index in [-0.39, 0.29) is 11.6 Å². The van der Waals surface area contributed by atoms with Crippen molar-refractivity contribution in [2.75, 3.05) is 6.54 Å². The maximum absolute atomic E-state index is 12.8. The maximum atomic E-state index is 12.8. The average Bonchev–Trinajstić information content (AvgIpc) is 3.22. The van der Waals surface area contributed by atoms with E-state index in [0.29, 0.717) is 29.3 Å². The number of rotatable bonds is 7. The molecule has 0 atom stereocenters. The summed E-state index contributed by atoms with van der Waals surface area (Å²) in [4.78, 5) is 25.5. The number of aryl methyl sites for hydroxylation is 2. The van der Waals surface area contributed by atoms with E-state index in [1.54, 1.807) is 30.3 Å². The number of hydrogen-bond donors (Lipinski definition) is 2. The van der Waals surface area contributed by atoms with E-state index in [9.17, 15) is 9.59 Å². The van der Waals surface area contributed by atoms with Crippen LogP contribution in [-0.2, 0) is 11.2 Å². The molecular formula is C24H23ClN2O3. The van der Waals surface area contributed by atoms with Crippen LogP contribution in [-0.4, -0.2) is 18.4 Å². The molecule has 0 radical (unpaired) electrons. The number of carbonyl (C=O) groups excluding carboxylic acids is 2. The zero-order valence-electron chi connectivity index (χ0n) is 16.9. The lowest BCUT2D eigenvalue weighted by molar-refractivity contribution is -0.117. The molecule has 0 aliphatic rings. The molecule has 1 heterocycles. The lowest BCUT2D eigenvalue weighted by atomic mass is 10.1. The first-order valence-electron chi connectivity index (χ1n) is 9.59. The van der Waals surface area contributed by atoms with Gasteiger partial charge in [0.05, 0.1) is 6.26 Å². The zero-order valence-corrected chi connectivity index (χ0v) is 17.6. The largest absolute Gasteiger partial charge is 0.465 e. The number of halogens is 1. The molecule has 0 aliphatic carbocycles. The highest BCUT2D eigenvalue weighted by atomic mass is 35.5. The standard InChI is InChI=1S/C24H23ClN2O3/c1-16-8-9-19(13-17(16)2)23(28)27-22(15-21-7-4-12-30-21)24(29)26-11-10-18-5-3-6-20(25)14-18/h3-9,12-15H,10-11H2,1-2H3,(H,26,29)(H,27,28)/b22-15+. The summed E-state index contributed by atoms with van der Waals surface area (Å²) in [5.74, 6) is -0.290. The smallest absolute Gasteiger partial charge is 0.267 e. The van der Waals surface area contributed by atoms with Crippen molar-refractivity contribution >= 4 is 29.5 Å². The van der Waals surface area contributed by atoms with Crippen LogP contribution in [0, 0.1) is 13.8 Å². The van der Waals surface area contributed by atoms with Crippen LogP contribution in [0.15, 0.2) is 71.0 Å². The summed E-state index contributed by atoms with van der Waals surface area (Å²) >= 11 is 6.00. The minimum absolute atomic E-state index is 0.110. The molecule has 1 aromatic heterocycles. The second-order valence-electron chi connectivity index (χ2n) is 6.96. The van der Waals surface area contributed by atoms with Crippen LogP contribution in [0.4, 0.5) is 0 Å². The van der Waals surface area contributed by atoms with Gasteiger partial charge in [-0.05, 0) is 73.4 Å². The highest BCUT2D eigenvalue weighted by Gasteiger charge is 2.15. The summed E-state index contributed by atoms with van der Waals surface area (Å²) < 4.78 is 5.30. The Morgan fingerprint density at radius 3 is 2.57 bits per heavy atom. The van der Waals surface area contributed by atoms with Crippen molar-refractivity contribution in [3.8, 4) is 0 Å². The van der Waals surface area contributed by atoms with Gasteiger partial charge in [0.2, 0.25) is 0 Å². The second-order valence-corrected chi connectivity index (χ2v) is 7.40. The van der Waals surface area contributed by atoms with Gasteiger partial charge in [0.15, 0.2) is 0 Å². The minimum atomic E-state index is -0.398. The number of benzene rings is 2. The molecule has 30 heavy (non-hydrogen) atoms. The van der Waals surface area contributed by atoms with E-state index in [2.05, 4.69) is 10.6 Å². The lowest BCUT2D eigenvalue weighted by Gasteiger charge is -2.12. The molecule has 3 rings (SSSR count). The van der Waals surface area contributed by atoms with E-state index in [4.69, 9.17) is 16.0 Å². The molecule has 3 aromatic rings.